The van der Waals surface area contributed by atoms with E-state index in [1.807, 2.05) is 0 Å². The van der Waals surface area contributed by atoms with Crippen LogP contribution in [0.25, 0.3) is 0 Å². The van der Waals surface area contributed by atoms with E-state index < -0.39 is 0 Å². The van der Waals surface area contributed by atoms with E-state index in [1.165, 1.54) is 5.56 Å². The number of nitrogens with one attached hydrogen (secondary N) is 3. The Morgan fingerprint density at radius 2 is 2.00 bits per heavy atom. The van der Waals surface area contributed by atoms with Gasteiger partial charge in [0.05, 0.1) is 0 Å². The van der Waals surface area contributed by atoms with Crippen molar-refractivity contribution < 1.29 is 4.79 Å². The highest BCUT2D eigenvalue weighted by Crippen LogP contribution is 2.19. The number of likely N-dealkylation sites (tertiary alicyclic amines) is 1. The highest BCUT2D eigenvalue weighted by Gasteiger charge is 2.25. The first kappa shape index (κ1) is 21.2. The molecule has 1 aromatic carbocycles. The van der Waals surface area contributed by atoms with Gasteiger partial charge in [-0.05, 0) is 31.7 Å². The molecule has 0 saturated carbocycles. The molecule has 0 radical (unpaired) electrons. The van der Waals surface area contributed by atoms with Gasteiger partial charge in [0.1, 0.15) is 0 Å². The Morgan fingerprint density at radius 3 is 2.67 bits per heavy atom. The number of carbonyl (C=O) groups is 1. The lowest BCUT2D eigenvalue weighted by atomic mass is 9.97. The van der Waals surface area contributed by atoms with Gasteiger partial charge in [0, 0.05) is 51.7 Å². The van der Waals surface area contributed by atoms with E-state index in [0.717, 1.165) is 44.9 Å². The number of rotatable bonds is 8. The molecule has 1 heterocycles. The first-order valence-corrected chi connectivity index (χ1v) is 10.1. The molecule has 150 valence electrons. The summed E-state index contributed by atoms with van der Waals surface area (Å²) in [7, 11) is 1.78. The molecule has 0 aromatic heterocycles. The van der Waals surface area contributed by atoms with Gasteiger partial charge >= 0.3 is 0 Å². The van der Waals surface area contributed by atoms with Crippen LogP contribution in [0.3, 0.4) is 0 Å². The molecule has 3 N–H and O–H groups in total. The van der Waals surface area contributed by atoms with Crippen LogP contribution < -0.4 is 16.0 Å². The molecule has 0 bridgehead atoms. The minimum absolute atomic E-state index is 0.0858. The fraction of sp³-hybridized carbons (Fsp3) is 0.619. The Labute approximate surface area is 163 Å². The molecule has 6 nitrogen and oxygen atoms in total. The number of aliphatic imine (C=N–C) groups is 1. The third-order valence-corrected chi connectivity index (χ3v) is 5.02. The first-order chi connectivity index (χ1) is 13.1. The molecule has 1 amide bonds. The van der Waals surface area contributed by atoms with Gasteiger partial charge in [-0.25, -0.2) is 0 Å². The molecule has 0 spiro atoms. The van der Waals surface area contributed by atoms with Crippen molar-refractivity contribution >= 4 is 11.9 Å². The number of hydrogen-bond donors (Lipinski definition) is 3. The number of benzene rings is 1. The topological polar surface area (TPSA) is 68.8 Å². The average Bonchev–Trinajstić information content (AvgIpc) is 2.68. The Bertz CT molecular complexity index is 589. The number of amides is 1. The zero-order chi connectivity index (χ0) is 19.5. The third-order valence-electron chi connectivity index (χ3n) is 5.02. The number of hydrogen-bond acceptors (Lipinski definition) is 3. The normalized spacial score (nSPS) is 20.9. The summed E-state index contributed by atoms with van der Waals surface area (Å²) >= 11 is 0. The second kappa shape index (κ2) is 11.6. The van der Waals surface area contributed by atoms with E-state index in [2.05, 4.69) is 70.0 Å². The van der Waals surface area contributed by atoms with Crippen LogP contribution in [0.2, 0.25) is 0 Å². The predicted octanol–water partition coefficient (Wildman–Crippen LogP) is 2.12. The van der Waals surface area contributed by atoms with Gasteiger partial charge in [-0.3, -0.25) is 14.7 Å². The standard InChI is InChI=1S/C21H35N5O/c1-4-12-23-20(27)10-13-24-21(22-3)25-19-11-14-26(17(2)15-19)16-18-8-6-5-7-9-18/h5-9,17,19H,4,10-16H2,1-3H3,(H,23,27)(H2,22,24,25). The van der Waals surface area contributed by atoms with Crippen molar-refractivity contribution in [1.82, 2.24) is 20.9 Å². The van der Waals surface area contributed by atoms with Crippen LogP contribution in [0.15, 0.2) is 35.3 Å². The zero-order valence-electron chi connectivity index (χ0n) is 17.0. The Morgan fingerprint density at radius 1 is 1.22 bits per heavy atom. The lowest BCUT2D eigenvalue weighted by Crippen LogP contribution is -2.51. The number of carbonyl (C=O) groups excluding carboxylic acids is 1. The van der Waals surface area contributed by atoms with Crippen LogP contribution >= 0.6 is 0 Å². The summed E-state index contributed by atoms with van der Waals surface area (Å²) in [6.07, 6.45) is 3.61. The zero-order valence-corrected chi connectivity index (χ0v) is 17.0. The van der Waals surface area contributed by atoms with Crippen molar-refractivity contribution in [2.24, 2.45) is 4.99 Å². The van der Waals surface area contributed by atoms with Crippen molar-refractivity contribution in [3.63, 3.8) is 0 Å². The minimum atomic E-state index is 0.0858. The third kappa shape index (κ3) is 7.59. The molecule has 27 heavy (non-hydrogen) atoms. The van der Waals surface area contributed by atoms with E-state index in [-0.39, 0.29) is 5.91 Å². The summed E-state index contributed by atoms with van der Waals surface area (Å²) in [5, 5.41) is 9.66. The maximum absolute atomic E-state index is 11.7. The van der Waals surface area contributed by atoms with E-state index >= 15 is 0 Å². The fourth-order valence-corrected chi connectivity index (χ4v) is 3.44. The van der Waals surface area contributed by atoms with Crippen molar-refractivity contribution in [2.75, 3.05) is 26.7 Å². The molecule has 1 saturated heterocycles. The van der Waals surface area contributed by atoms with E-state index in [1.54, 1.807) is 7.05 Å². The monoisotopic (exact) mass is 373 g/mol. The summed E-state index contributed by atoms with van der Waals surface area (Å²) in [5.74, 6) is 0.870. The summed E-state index contributed by atoms with van der Waals surface area (Å²) in [6.45, 7) is 7.77. The summed E-state index contributed by atoms with van der Waals surface area (Å²) in [4.78, 5) is 18.5. The molecule has 1 aromatic rings. The second-order valence-corrected chi connectivity index (χ2v) is 7.27. The summed E-state index contributed by atoms with van der Waals surface area (Å²) in [6, 6.07) is 11.6. The number of nitrogens with zero attached hydrogens (tertiary/aromatic N) is 2. The van der Waals surface area contributed by atoms with Crippen molar-refractivity contribution in [2.45, 2.75) is 58.2 Å². The van der Waals surface area contributed by atoms with Crippen molar-refractivity contribution in [3.8, 4) is 0 Å². The highest BCUT2D eigenvalue weighted by atomic mass is 16.1. The molecule has 2 rings (SSSR count). The minimum Gasteiger partial charge on any atom is -0.356 e. The molecule has 2 unspecified atom stereocenters. The highest BCUT2D eigenvalue weighted by molar-refractivity contribution is 5.81. The molecule has 1 aliphatic heterocycles. The predicted molar refractivity (Wildman–Crippen MR) is 112 cm³/mol. The SMILES string of the molecule is CCCNC(=O)CCNC(=NC)NC1CCN(Cc2ccccc2)C(C)C1. The van der Waals surface area contributed by atoms with Crippen LogP contribution in [0, 0.1) is 0 Å². The van der Waals surface area contributed by atoms with E-state index in [0.29, 0.717) is 25.0 Å². The Hall–Kier alpha value is -2.08. The maximum atomic E-state index is 11.7. The smallest absolute Gasteiger partial charge is 0.221 e. The molecule has 1 aliphatic rings. The molecule has 1 fully saturated rings. The quantitative estimate of drug-likeness (QED) is 0.482. The van der Waals surface area contributed by atoms with Gasteiger partial charge in [0.2, 0.25) is 5.91 Å². The summed E-state index contributed by atoms with van der Waals surface area (Å²) in [5.41, 5.74) is 1.37. The molecule has 2 atom stereocenters. The van der Waals surface area contributed by atoms with Crippen LogP contribution in [0.1, 0.15) is 45.1 Å². The lowest BCUT2D eigenvalue weighted by Gasteiger charge is -2.38. The van der Waals surface area contributed by atoms with Gasteiger partial charge in [-0.1, -0.05) is 37.3 Å². The van der Waals surface area contributed by atoms with Crippen LogP contribution in [0.4, 0.5) is 0 Å². The van der Waals surface area contributed by atoms with Gasteiger partial charge in [-0.15, -0.1) is 0 Å². The van der Waals surface area contributed by atoms with Gasteiger partial charge in [0.25, 0.3) is 0 Å². The molecule has 6 heteroatoms. The van der Waals surface area contributed by atoms with Gasteiger partial charge in [-0.2, -0.15) is 0 Å². The fourth-order valence-electron chi connectivity index (χ4n) is 3.44. The maximum Gasteiger partial charge on any atom is 0.221 e. The molecular formula is C21H35N5O. The average molecular weight is 374 g/mol. The van der Waals surface area contributed by atoms with Crippen molar-refractivity contribution in [3.05, 3.63) is 35.9 Å². The van der Waals surface area contributed by atoms with Crippen LogP contribution in [0.5, 0.6) is 0 Å². The van der Waals surface area contributed by atoms with Crippen molar-refractivity contribution in [1.29, 1.82) is 0 Å². The lowest BCUT2D eigenvalue weighted by molar-refractivity contribution is -0.120. The Balaban J connectivity index is 1.71. The largest absolute Gasteiger partial charge is 0.356 e. The van der Waals surface area contributed by atoms with Crippen LogP contribution in [-0.4, -0.2) is 55.5 Å². The van der Waals surface area contributed by atoms with Gasteiger partial charge in [0.15, 0.2) is 5.96 Å². The van der Waals surface area contributed by atoms with E-state index in [9.17, 15) is 4.79 Å². The van der Waals surface area contributed by atoms with E-state index in [4.69, 9.17) is 0 Å². The summed E-state index contributed by atoms with van der Waals surface area (Å²) < 4.78 is 0. The molecule has 0 aliphatic carbocycles. The number of guanidine groups is 1. The Kier molecular flexibility index (Phi) is 9.11. The van der Waals surface area contributed by atoms with Crippen LogP contribution in [-0.2, 0) is 11.3 Å². The van der Waals surface area contributed by atoms with Gasteiger partial charge < -0.3 is 16.0 Å². The molecular weight excluding hydrogens is 338 g/mol. The first-order valence-electron chi connectivity index (χ1n) is 10.1. The number of piperidine rings is 1. The second-order valence-electron chi connectivity index (χ2n) is 7.27.